The van der Waals surface area contributed by atoms with Gasteiger partial charge in [0.1, 0.15) is 5.69 Å². The molecular formula is C22H23N5O2S. The van der Waals surface area contributed by atoms with Crippen LogP contribution in [0.1, 0.15) is 50.6 Å². The number of nitrogens with one attached hydrogen (secondary N) is 2. The minimum absolute atomic E-state index is 0.288. The van der Waals surface area contributed by atoms with Crippen molar-refractivity contribution in [1.29, 1.82) is 0 Å². The first-order valence-electron chi connectivity index (χ1n) is 10.0. The fourth-order valence-electron chi connectivity index (χ4n) is 3.40. The summed E-state index contributed by atoms with van der Waals surface area (Å²) in [6, 6.07) is 11.9. The molecule has 0 saturated carbocycles. The lowest BCUT2D eigenvalue weighted by Crippen LogP contribution is -2.40. The number of nitrogens with zero attached hydrogens (tertiary/aromatic N) is 3. The van der Waals surface area contributed by atoms with Gasteiger partial charge in [-0.1, -0.05) is 42.0 Å². The first kappa shape index (κ1) is 20.0. The molecule has 8 heteroatoms. The summed E-state index contributed by atoms with van der Waals surface area (Å²) in [5, 5.41) is 8.09. The number of benzene rings is 1. The lowest BCUT2D eigenvalue weighted by Gasteiger charge is -2.03. The van der Waals surface area contributed by atoms with E-state index in [0.717, 1.165) is 18.4 Å². The molecule has 2 aromatic heterocycles. The fraction of sp³-hybridized carbons (Fsp3) is 0.273. The zero-order valence-corrected chi connectivity index (χ0v) is 17.3. The Kier molecular flexibility index (Phi) is 6.34. The van der Waals surface area contributed by atoms with Gasteiger partial charge in [-0.2, -0.15) is 0 Å². The van der Waals surface area contributed by atoms with Crippen LogP contribution >= 0.6 is 11.3 Å². The number of carbonyl (C=O) groups excluding carboxylic acids is 2. The first-order chi connectivity index (χ1) is 14.7. The van der Waals surface area contributed by atoms with Crippen molar-refractivity contribution in [3.63, 3.8) is 0 Å². The van der Waals surface area contributed by atoms with Gasteiger partial charge in [0.05, 0.1) is 17.6 Å². The van der Waals surface area contributed by atoms with Gasteiger partial charge in [0.25, 0.3) is 11.8 Å². The number of aromatic nitrogens is 3. The van der Waals surface area contributed by atoms with Crippen LogP contribution in [0.5, 0.6) is 0 Å². The smallest absolute Gasteiger partial charge is 0.268 e. The van der Waals surface area contributed by atoms with E-state index in [0.29, 0.717) is 17.1 Å². The van der Waals surface area contributed by atoms with E-state index in [-0.39, 0.29) is 5.91 Å². The molecule has 2 amide bonds. The van der Waals surface area contributed by atoms with Crippen molar-refractivity contribution >= 4 is 29.2 Å². The Hall–Kier alpha value is -3.26. The Labute approximate surface area is 178 Å². The Morgan fingerprint density at radius 2 is 1.93 bits per heavy atom. The minimum atomic E-state index is -0.431. The normalized spacial score (nSPS) is 13.6. The second-order valence-electron chi connectivity index (χ2n) is 7.22. The maximum absolute atomic E-state index is 12.3. The summed E-state index contributed by atoms with van der Waals surface area (Å²) in [5.41, 5.74) is 7.84. The second kappa shape index (κ2) is 9.49. The van der Waals surface area contributed by atoms with E-state index in [1.807, 2.05) is 36.4 Å². The molecule has 0 saturated heterocycles. The molecule has 0 radical (unpaired) electrons. The number of hydrogen-bond donors (Lipinski definition) is 2. The van der Waals surface area contributed by atoms with Crippen molar-refractivity contribution in [3.8, 4) is 0 Å². The van der Waals surface area contributed by atoms with E-state index in [2.05, 4.69) is 21.2 Å². The van der Waals surface area contributed by atoms with Crippen LogP contribution in [-0.2, 0) is 24.2 Å². The van der Waals surface area contributed by atoms with Crippen molar-refractivity contribution in [2.45, 2.75) is 38.6 Å². The Morgan fingerprint density at radius 1 is 1.10 bits per heavy atom. The van der Waals surface area contributed by atoms with Crippen LogP contribution in [0.2, 0.25) is 0 Å². The van der Waals surface area contributed by atoms with E-state index >= 15 is 0 Å². The molecule has 0 aliphatic heterocycles. The predicted molar refractivity (Wildman–Crippen MR) is 116 cm³/mol. The summed E-state index contributed by atoms with van der Waals surface area (Å²) in [5.74, 6) is -0.720. The third kappa shape index (κ3) is 5.21. The maximum Gasteiger partial charge on any atom is 0.279 e. The molecule has 3 aromatic rings. The number of carbonyl (C=O) groups is 2. The van der Waals surface area contributed by atoms with E-state index < -0.39 is 5.91 Å². The van der Waals surface area contributed by atoms with Crippen molar-refractivity contribution in [3.05, 3.63) is 75.2 Å². The number of hydrogen-bond acceptors (Lipinski definition) is 5. The summed E-state index contributed by atoms with van der Waals surface area (Å²) < 4.78 is 1.70. The van der Waals surface area contributed by atoms with Crippen LogP contribution in [0.15, 0.2) is 48.7 Å². The van der Waals surface area contributed by atoms with Gasteiger partial charge >= 0.3 is 0 Å². The molecule has 30 heavy (non-hydrogen) atoms. The summed E-state index contributed by atoms with van der Waals surface area (Å²) in [6.45, 7) is 0.606. The summed E-state index contributed by atoms with van der Waals surface area (Å²) in [7, 11) is 0. The number of fused-ring (bicyclic) bond motifs is 1. The topological polar surface area (TPSA) is 88.9 Å². The molecule has 1 aliphatic carbocycles. The van der Waals surface area contributed by atoms with Gasteiger partial charge in [-0.3, -0.25) is 20.4 Å². The van der Waals surface area contributed by atoms with Crippen LogP contribution < -0.4 is 10.9 Å². The third-order valence-electron chi connectivity index (χ3n) is 4.92. The largest absolute Gasteiger partial charge is 0.279 e. The number of hydrazine groups is 1. The zero-order chi connectivity index (χ0) is 20.8. The van der Waals surface area contributed by atoms with Gasteiger partial charge in [0.15, 0.2) is 0 Å². The van der Waals surface area contributed by atoms with E-state index in [9.17, 15) is 9.59 Å². The van der Waals surface area contributed by atoms with Crippen LogP contribution in [0.3, 0.4) is 0 Å². The lowest BCUT2D eigenvalue weighted by molar-refractivity contribution is -0.117. The highest BCUT2D eigenvalue weighted by Gasteiger charge is 2.16. The molecule has 0 atom stereocenters. The summed E-state index contributed by atoms with van der Waals surface area (Å²) in [4.78, 5) is 26.3. The SMILES string of the molecule is O=C(/C=C/c1cn(Cc2ccccc2)nn1)NNC(=O)c1cc2c(s1)CCCCC2. The van der Waals surface area contributed by atoms with Crippen LogP contribution in [0.4, 0.5) is 0 Å². The number of rotatable bonds is 5. The summed E-state index contributed by atoms with van der Waals surface area (Å²) >= 11 is 1.52. The van der Waals surface area contributed by atoms with Crippen molar-refractivity contribution in [2.75, 3.05) is 0 Å². The number of amides is 2. The number of thiophene rings is 1. The van der Waals surface area contributed by atoms with Crippen LogP contribution in [0, 0.1) is 0 Å². The molecule has 1 aromatic carbocycles. The fourth-order valence-corrected chi connectivity index (χ4v) is 4.55. The molecular weight excluding hydrogens is 398 g/mol. The molecule has 0 spiro atoms. The first-order valence-corrected chi connectivity index (χ1v) is 10.8. The van der Waals surface area contributed by atoms with Gasteiger partial charge in [-0.25, -0.2) is 4.68 Å². The monoisotopic (exact) mass is 421 g/mol. The Morgan fingerprint density at radius 3 is 2.80 bits per heavy atom. The Bertz CT molecular complexity index is 1030. The second-order valence-corrected chi connectivity index (χ2v) is 8.36. The average molecular weight is 422 g/mol. The number of aryl methyl sites for hydroxylation is 2. The van der Waals surface area contributed by atoms with E-state index in [1.54, 1.807) is 17.0 Å². The molecule has 154 valence electrons. The van der Waals surface area contributed by atoms with Gasteiger partial charge in [0.2, 0.25) is 0 Å². The maximum atomic E-state index is 12.3. The van der Waals surface area contributed by atoms with E-state index in [4.69, 9.17) is 0 Å². The molecule has 2 heterocycles. The highest BCUT2D eigenvalue weighted by atomic mass is 32.1. The lowest BCUT2D eigenvalue weighted by atomic mass is 10.1. The van der Waals surface area contributed by atoms with Crippen LogP contribution in [-0.4, -0.2) is 26.8 Å². The van der Waals surface area contributed by atoms with Gasteiger partial charge < -0.3 is 0 Å². The molecule has 0 fully saturated rings. The van der Waals surface area contributed by atoms with Crippen molar-refractivity contribution in [1.82, 2.24) is 25.8 Å². The van der Waals surface area contributed by atoms with Gasteiger partial charge in [-0.15, -0.1) is 16.4 Å². The van der Waals surface area contributed by atoms with Crippen LogP contribution in [0.25, 0.3) is 6.08 Å². The van der Waals surface area contributed by atoms with E-state index in [1.165, 1.54) is 47.1 Å². The minimum Gasteiger partial charge on any atom is -0.268 e. The zero-order valence-electron chi connectivity index (χ0n) is 16.5. The highest BCUT2D eigenvalue weighted by Crippen LogP contribution is 2.28. The Balaban J connectivity index is 1.27. The van der Waals surface area contributed by atoms with Crippen molar-refractivity contribution in [2.24, 2.45) is 0 Å². The molecule has 4 rings (SSSR count). The predicted octanol–water partition coefficient (Wildman–Crippen LogP) is 3.13. The van der Waals surface area contributed by atoms with Crippen molar-refractivity contribution < 1.29 is 9.59 Å². The standard InChI is InChI=1S/C22H23N5O2S/c28-21(12-11-18-15-27(26-23-18)14-16-7-3-1-4-8-16)24-25-22(29)20-13-17-9-5-2-6-10-19(17)30-20/h1,3-4,7-8,11-13,15H,2,5-6,9-10,14H2,(H,24,28)(H,25,29)/b12-11+. The molecule has 2 N–H and O–H groups in total. The highest BCUT2D eigenvalue weighted by molar-refractivity contribution is 7.14. The summed E-state index contributed by atoms with van der Waals surface area (Å²) in [6.07, 6.45) is 10.3. The van der Waals surface area contributed by atoms with Gasteiger partial charge in [0, 0.05) is 11.0 Å². The quantitative estimate of drug-likeness (QED) is 0.376. The van der Waals surface area contributed by atoms with Gasteiger partial charge in [-0.05, 0) is 49.0 Å². The molecule has 0 unspecified atom stereocenters. The molecule has 1 aliphatic rings. The third-order valence-corrected chi connectivity index (χ3v) is 6.15. The molecule has 0 bridgehead atoms. The molecule has 7 nitrogen and oxygen atoms in total. The average Bonchev–Trinajstić information content (AvgIpc) is 3.32.